The molecule has 1 aliphatic rings. The normalized spacial score (nSPS) is 24.0. The van der Waals surface area contributed by atoms with Crippen LogP contribution in [-0.2, 0) is 4.74 Å². The van der Waals surface area contributed by atoms with E-state index in [1.807, 2.05) is 6.92 Å². The van der Waals surface area contributed by atoms with Gasteiger partial charge in [0.1, 0.15) is 0 Å². The molecule has 1 aliphatic heterocycles. The Morgan fingerprint density at radius 3 is 3.07 bits per heavy atom. The van der Waals surface area contributed by atoms with Gasteiger partial charge in [-0.3, -0.25) is 0 Å². The first-order valence-corrected chi connectivity index (χ1v) is 5.77. The van der Waals surface area contributed by atoms with Gasteiger partial charge in [-0.15, -0.1) is 0 Å². The summed E-state index contributed by atoms with van der Waals surface area (Å²) in [6.45, 7) is 7.46. The van der Waals surface area contributed by atoms with E-state index >= 15 is 0 Å². The highest BCUT2D eigenvalue weighted by Crippen LogP contribution is 2.15. The molecule has 0 radical (unpaired) electrons. The van der Waals surface area contributed by atoms with Gasteiger partial charge in [0.25, 0.3) is 0 Å². The quantitative estimate of drug-likeness (QED) is 0.654. The maximum absolute atomic E-state index is 9.07. The van der Waals surface area contributed by atoms with Crippen LogP contribution in [0.25, 0.3) is 0 Å². The molecule has 0 bridgehead atoms. The van der Waals surface area contributed by atoms with Crippen LogP contribution in [0.2, 0.25) is 0 Å². The average Bonchev–Trinajstić information content (AvgIpc) is 2.25. The molecule has 0 aromatic rings. The monoisotopic (exact) mass is 201 g/mol. The molecule has 3 heteroatoms. The molecule has 14 heavy (non-hydrogen) atoms. The van der Waals surface area contributed by atoms with Gasteiger partial charge in [0.15, 0.2) is 0 Å². The fraction of sp³-hybridized carbons (Fsp3) is 1.00. The number of hydrogen-bond acceptors (Lipinski definition) is 3. The fourth-order valence-electron chi connectivity index (χ4n) is 2.04. The fourth-order valence-corrected chi connectivity index (χ4v) is 2.04. The minimum atomic E-state index is 0.349. The van der Waals surface area contributed by atoms with Crippen LogP contribution in [0.3, 0.4) is 0 Å². The van der Waals surface area contributed by atoms with Crippen molar-refractivity contribution in [2.75, 3.05) is 39.5 Å². The van der Waals surface area contributed by atoms with Gasteiger partial charge in [-0.1, -0.05) is 0 Å². The standard InChI is InChI=1S/C11H23NO2/c1-2-14-8-4-7-12-6-3-5-11(9-12)10-13/h11,13H,2-10H2,1H3. The molecule has 0 aromatic heterocycles. The highest BCUT2D eigenvalue weighted by atomic mass is 16.5. The van der Waals surface area contributed by atoms with Crippen molar-refractivity contribution in [3.63, 3.8) is 0 Å². The number of hydrogen-bond donors (Lipinski definition) is 1. The first kappa shape index (κ1) is 12.0. The third-order valence-electron chi connectivity index (χ3n) is 2.83. The molecule has 84 valence electrons. The van der Waals surface area contributed by atoms with Crippen LogP contribution < -0.4 is 0 Å². The Labute approximate surface area is 87.1 Å². The SMILES string of the molecule is CCOCCCN1CCCC(CO)C1. The number of rotatable bonds is 6. The van der Waals surface area contributed by atoms with Crippen molar-refractivity contribution >= 4 is 0 Å². The number of ether oxygens (including phenoxy) is 1. The number of nitrogens with zero attached hydrogens (tertiary/aromatic N) is 1. The third kappa shape index (κ3) is 4.40. The van der Waals surface area contributed by atoms with Crippen LogP contribution in [0.4, 0.5) is 0 Å². The molecule has 1 heterocycles. The van der Waals surface area contributed by atoms with Crippen molar-refractivity contribution in [3.05, 3.63) is 0 Å². The molecule has 1 atom stereocenters. The molecular formula is C11H23NO2. The Morgan fingerprint density at radius 2 is 2.36 bits per heavy atom. The largest absolute Gasteiger partial charge is 0.396 e. The molecule has 3 nitrogen and oxygen atoms in total. The Balaban J connectivity index is 2.05. The van der Waals surface area contributed by atoms with Crippen molar-refractivity contribution in [2.45, 2.75) is 26.2 Å². The molecular weight excluding hydrogens is 178 g/mol. The minimum absolute atomic E-state index is 0.349. The molecule has 0 amide bonds. The van der Waals surface area contributed by atoms with Gasteiger partial charge in [0.2, 0.25) is 0 Å². The lowest BCUT2D eigenvalue weighted by molar-refractivity contribution is 0.0988. The summed E-state index contributed by atoms with van der Waals surface area (Å²) >= 11 is 0. The van der Waals surface area contributed by atoms with Gasteiger partial charge in [0.05, 0.1) is 0 Å². The van der Waals surface area contributed by atoms with E-state index in [2.05, 4.69) is 4.90 Å². The summed E-state index contributed by atoms with van der Waals surface area (Å²) in [6, 6.07) is 0. The zero-order chi connectivity index (χ0) is 10.2. The number of aliphatic hydroxyl groups is 1. The lowest BCUT2D eigenvalue weighted by atomic mass is 9.99. The Bertz CT molecular complexity index is 141. The third-order valence-corrected chi connectivity index (χ3v) is 2.83. The summed E-state index contributed by atoms with van der Waals surface area (Å²) in [5.74, 6) is 0.510. The van der Waals surface area contributed by atoms with Crippen molar-refractivity contribution in [2.24, 2.45) is 5.92 Å². The average molecular weight is 201 g/mol. The van der Waals surface area contributed by atoms with E-state index in [0.29, 0.717) is 12.5 Å². The van der Waals surface area contributed by atoms with Gasteiger partial charge in [0, 0.05) is 32.9 Å². The second-order valence-corrected chi connectivity index (χ2v) is 4.04. The summed E-state index contributed by atoms with van der Waals surface area (Å²) in [5.41, 5.74) is 0. The van der Waals surface area contributed by atoms with E-state index in [1.165, 1.54) is 19.4 Å². The molecule has 0 saturated carbocycles. The zero-order valence-electron chi connectivity index (χ0n) is 9.24. The van der Waals surface area contributed by atoms with Crippen molar-refractivity contribution in [1.82, 2.24) is 4.90 Å². The molecule has 1 saturated heterocycles. The predicted molar refractivity (Wildman–Crippen MR) is 57.4 cm³/mol. The zero-order valence-corrected chi connectivity index (χ0v) is 9.24. The van der Waals surface area contributed by atoms with Gasteiger partial charge in [-0.05, 0) is 38.6 Å². The molecule has 1 unspecified atom stereocenters. The summed E-state index contributed by atoms with van der Waals surface area (Å²) in [4.78, 5) is 2.45. The maximum Gasteiger partial charge on any atom is 0.0478 e. The Kier molecular flexibility index (Phi) is 6.15. The molecule has 0 aromatic carbocycles. The van der Waals surface area contributed by atoms with Crippen molar-refractivity contribution in [3.8, 4) is 0 Å². The van der Waals surface area contributed by atoms with Gasteiger partial charge >= 0.3 is 0 Å². The van der Waals surface area contributed by atoms with Crippen LogP contribution in [0.1, 0.15) is 26.2 Å². The highest BCUT2D eigenvalue weighted by molar-refractivity contribution is 4.71. The Morgan fingerprint density at radius 1 is 1.50 bits per heavy atom. The van der Waals surface area contributed by atoms with Gasteiger partial charge < -0.3 is 14.7 Å². The summed E-state index contributed by atoms with van der Waals surface area (Å²) < 4.78 is 5.30. The lowest BCUT2D eigenvalue weighted by Crippen LogP contribution is -2.37. The second kappa shape index (κ2) is 7.21. The maximum atomic E-state index is 9.07. The van der Waals surface area contributed by atoms with Gasteiger partial charge in [-0.25, -0.2) is 0 Å². The lowest BCUT2D eigenvalue weighted by Gasteiger charge is -2.31. The van der Waals surface area contributed by atoms with E-state index in [-0.39, 0.29) is 0 Å². The number of piperidine rings is 1. The molecule has 1 rings (SSSR count). The van der Waals surface area contributed by atoms with Crippen LogP contribution in [-0.4, -0.2) is 49.5 Å². The van der Waals surface area contributed by atoms with Crippen LogP contribution in [0, 0.1) is 5.92 Å². The molecule has 1 N–H and O–H groups in total. The van der Waals surface area contributed by atoms with Crippen molar-refractivity contribution in [1.29, 1.82) is 0 Å². The van der Waals surface area contributed by atoms with E-state index in [1.54, 1.807) is 0 Å². The van der Waals surface area contributed by atoms with E-state index in [4.69, 9.17) is 9.84 Å². The molecule has 0 aliphatic carbocycles. The number of aliphatic hydroxyl groups excluding tert-OH is 1. The summed E-state index contributed by atoms with van der Waals surface area (Å²) in [5, 5.41) is 9.07. The smallest absolute Gasteiger partial charge is 0.0478 e. The first-order chi connectivity index (χ1) is 6.86. The molecule has 1 fully saturated rings. The topological polar surface area (TPSA) is 32.7 Å². The summed E-state index contributed by atoms with van der Waals surface area (Å²) in [7, 11) is 0. The first-order valence-electron chi connectivity index (χ1n) is 5.77. The highest BCUT2D eigenvalue weighted by Gasteiger charge is 2.18. The Hall–Kier alpha value is -0.120. The van der Waals surface area contributed by atoms with E-state index in [9.17, 15) is 0 Å². The second-order valence-electron chi connectivity index (χ2n) is 4.04. The van der Waals surface area contributed by atoms with Crippen molar-refractivity contribution < 1.29 is 9.84 Å². The van der Waals surface area contributed by atoms with E-state index < -0.39 is 0 Å². The summed E-state index contributed by atoms with van der Waals surface area (Å²) in [6.07, 6.45) is 3.55. The number of likely N-dealkylation sites (tertiary alicyclic amines) is 1. The molecule has 0 spiro atoms. The van der Waals surface area contributed by atoms with E-state index in [0.717, 1.165) is 32.7 Å². The predicted octanol–water partition coefficient (Wildman–Crippen LogP) is 1.12. The van der Waals surface area contributed by atoms with Crippen LogP contribution in [0.15, 0.2) is 0 Å². The van der Waals surface area contributed by atoms with Crippen LogP contribution >= 0.6 is 0 Å². The van der Waals surface area contributed by atoms with Gasteiger partial charge in [-0.2, -0.15) is 0 Å². The van der Waals surface area contributed by atoms with Crippen LogP contribution in [0.5, 0.6) is 0 Å². The minimum Gasteiger partial charge on any atom is -0.396 e.